The van der Waals surface area contributed by atoms with Crippen LogP contribution in [0.3, 0.4) is 0 Å². The lowest BCUT2D eigenvalue weighted by molar-refractivity contribution is -0.121. The summed E-state index contributed by atoms with van der Waals surface area (Å²) in [6.07, 6.45) is 4.25. The number of carbonyl (C=O) groups is 1. The van der Waals surface area contributed by atoms with E-state index in [1.54, 1.807) is 0 Å². The van der Waals surface area contributed by atoms with Crippen molar-refractivity contribution < 1.29 is 4.79 Å². The second-order valence-electron chi connectivity index (χ2n) is 8.92. The van der Waals surface area contributed by atoms with E-state index in [-0.39, 0.29) is 17.9 Å². The standard InChI is InChI=1S/C27H28N4O2/c1-19-12-14-30(15-13-19)25-11-10-20(16-28-25)17-29-26(32)18-31-23-8-4-2-6-21(23)27(33)22-7-3-5-9-24(22)31/h2-11,16,19H,12-15,17-18H2,1H3,(H,29,32). The fourth-order valence-electron chi connectivity index (χ4n) is 4.59. The summed E-state index contributed by atoms with van der Waals surface area (Å²) >= 11 is 0. The number of nitrogens with zero attached hydrogens (tertiary/aromatic N) is 3. The number of hydrogen-bond acceptors (Lipinski definition) is 4. The minimum Gasteiger partial charge on any atom is -0.357 e. The van der Waals surface area contributed by atoms with Crippen LogP contribution in [0, 0.1) is 5.92 Å². The van der Waals surface area contributed by atoms with E-state index in [0.717, 1.165) is 41.4 Å². The molecule has 6 heteroatoms. The number of para-hydroxylation sites is 2. The summed E-state index contributed by atoms with van der Waals surface area (Å²) < 4.78 is 1.92. The lowest BCUT2D eigenvalue weighted by Gasteiger charge is -2.31. The van der Waals surface area contributed by atoms with Crippen molar-refractivity contribution in [1.82, 2.24) is 14.9 Å². The van der Waals surface area contributed by atoms with E-state index in [1.807, 2.05) is 71.4 Å². The molecule has 1 fully saturated rings. The third-order valence-electron chi connectivity index (χ3n) is 6.59. The van der Waals surface area contributed by atoms with Crippen molar-refractivity contribution in [2.24, 2.45) is 5.92 Å². The van der Waals surface area contributed by atoms with Gasteiger partial charge in [0, 0.05) is 36.6 Å². The van der Waals surface area contributed by atoms with E-state index in [9.17, 15) is 9.59 Å². The number of fused-ring (bicyclic) bond motifs is 2. The van der Waals surface area contributed by atoms with Crippen LogP contribution in [-0.2, 0) is 17.9 Å². The van der Waals surface area contributed by atoms with Gasteiger partial charge >= 0.3 is 0 Å². The van der Waals surface area contributed by atoms with Crippen LogP contribution in [0.25, 0.3) is 21.8 Å². The SMILES string of the molecule is CC1CCN(c2ccc(CNC(=O)Cn3c4ccccc4c(=O)c4ccccc43)cn2)CC1. The average molecular weight is 441 g/mol. The van der Waals surface area contributed by atoms with Crippen molar-refractivity contribution in [3.05, 3.63) is 82.6 Å². The highest BCUT2D eigenvalue weighted by atomic mass is 16.2. The quantitative estimate of drug-likeness (QED) is 0.475. The highest BCUT2D eigenvalue weighted by molar-refractivity contribution is 5.94. The van der Waals surface area contributed by atoms with Crippen molar-refractivity contribution >= 4 is 33.5 Å². The molecular weight excluding hydrogens is 412 g/mol. The lowest BCUT2D eigenvalue weighted by atomic mass is 9.99. The molecule has 1 amide bonds. The maximum atomic E-state index is 12.9. The van der Waals surface area contributed by atoms with Crippen molar-refractivity contribution in [2.75, 3.05) is 18.0 Å². The molecule has 6 nitrogen and oxygen atoms in total. The zero-order valence-corrected chi connectivity index (χ0v) is 18.8. The molecule has 1 N–H and O–H groups in total. The van der Waals surface area contributed by atoms with Crippen LogP contribution in [0.4, 0.5) is 5.82 Å². The smallest absolute Gasteiger partial charge is 0.240 e. The van der Waals surface area contributed by atoms with Gasteiger partial charge in [-0.2, -0.15) is 0 Å². The van der Waals surface area contributed by atoms with Crippen LogP contribution in [0.5, 0.6) is 0 Å². The van der Waals surface area contributed by atoms with Crippen LogP contribution in [-0.4, -0.2) is 28.5 Å². The van der Waals surface area contributed by atoms with Crippen LogP contribution in [0.1, 0.15) is 25.3 Å². The second kappa shape index (κ2) is 9.06. The van der Waals surface area contributed by atoms with Gasteiger partial charge in [-0.3, -0.25) is 9.59 Å². The topological polar surface area (TPSA) is 67.2 Å². The zero-order valence-electron chi connectivity index (χ0n) is 18.8. The van der Waals surface area contributed by atoms with Gasteiger partial charge in [-0.25, -0.2) is 4.98 Å². The van der Waals surface area contributed by atoms with E-state index in [4.69, 9.17) is 0 Å². The van der Waals surface area contributed by atoms with Crippen molar-refractivity contribution in [2.45, 2.75) is 32.9 Å². The predicted molar refractivity (Wildman–Crippen MR) is 132 cm³/mol. The number of anilines is 1. The Morgan fingerprint density at radius 2 is 1.61 bits per heavy atom. The molecule has 168 valence electrons. The average Bonchev–Trinajstić information content (AvgIpc) is 2.86. The Bertz CT molecular complexity index is 1290. The molecule has 2 aromatic heterocycles. The van der Waals surface area contributed by atoms with Gasteiger partial charge in [0.15, 0.2) is 5.43 Å². The third-order valence-corrected chi connectivity index (χ3v) is 6.59. The van der Waals surface area contributed by atoms with E-state index in [0.29, 0.717) is 17.3 Å². The van der Waals surface area contributed by atoms with Gasteiger partial charge in [0.05, 0.1) is 11.0 Å². The van der Waals surface area contributed by atoms with Crippen molar-refractivity contribution in [1.29, 1.82) is 0 Å². The Balaban J connectivity index is 1.31. The van der Waals surface area contributed by atoms with Crippen LogP contribution < -0.4 is 15.6 Å². The number of benzene rings is 2. The molecule has 3 heterocycles. The van der Waals surface area contributed by atoms with Gasteiger partial charge in [-0.1, -0.05) is 37.3 Å². The Morgan fingerprint density at radius 3 is 2.21 bits per heavy atom. The molecule has 0 bridgehead atoms. The molecule has 0 radical (unpaired) electrons. The molecule has 0 unspecified atom stereocenters. The second-order valence-corrected chi connectivity index (χ2v) is 8.92. The summed E-state index contributed by atoms with van der Waals surface area (Å²) in [5, 5.41) is 4.25. The molecule has 0 saturated carbocycles. The number of hydrogen-bond donors (Lipinski definition) is 1. The molecule has 33 heavy (non-hydrogen) atoms. The summed E-state index contributed by atoms with van der Waals surface area (Å²) in [6.45, 7) is 4.95. The van der Waals surface area contributed by atoms with E-state index in [1.165, 1.54) is 12.8 Å². The van der Waals surface area contributed by atoms with Gasteiger partial charge < -0.3 is 14.8 Å². The summed E-state index contributed by atoms with van der Waals surface area (Å²) in [5.74, 6) is 1.68. The lowest BCUT2D eigenvalue weighted by Crippen LogP contribution is -2.33. The monoisotopic (exact) mass is 440 g/mol. The molecule has 0 atom stereocenters. The van der Waals surface area contributed by atoms with Gasteiger partial charge in [0.2, 0.25) is 5.91 Å². The normalized spacial score (nSPS) is 14.6. The fraction of sp³-hybridized carbons (Fsp3) is 0.296. The molecule has 4 aromatic rings. The number of carbonyl (C=O) groups excluding carboxylic acids is 1. The number of amides is 1. The highest BCUT2D eigenvalue weighted by Gasteiger charge is 2.17. The maximum absolute atomic E-state index is 12.9. The van der Waals surface area contributed by atoms with Gasteiger partial charge in [0.25, 0.3) is 0 Å². The largest absolute Gasteiger partial charge is 0.357 e. The zero-order chi connectivity index (χ0) is 22.8. The number of nitrogens with one attached hydrogen (secondary N) is 1. The molecule has 0 aliphatic carbocycles. The molecular formula is C27H28N4O2. The first-order valence-electron chi connectivity index (χ1n) is 11.6. The van der Waals surface area contributed by atoms with E-state index < -0.39 is 0 Å². The highest BCUT2D eigenvalue weighted by Crippen LogP contribution is 2.21. The first-order valence-corrected chi connectivity index (χ1v) is 11.6. The third kappa shape index (κ3) is 4.33. The Morgan fingerprint density at radius 1 is 0.970 bits per heavy atom. The minimum absolute atomic E-state index is 0.00724. The first-order chi connectivity index (χ1) is 16.1. The molecule has 1 aliphatic rings. The first kappa shape index (κ1) is 21.2. The Kier molecular flexibility index (Phi) is 5.82. The van der Waals surface area contributed by atoms with Crippen molar-refractivity contribution in [3.8, 4) is 0 Å². The van der Waals surface area contributed by atoms with Crippen molar-refractivity contribution in [3.63, 3.8) is 0 Å². The van der Waals surface area contributed by atoms with Gasteiger partial charge in [-0.15, -0.1) is 0 Å². The summed E-state index contributed by atoms with van der Waals surface area (Å²) in [6, 6.07) is 19.0. The molecule has 2 aromatic carbocycles. The van der Waals surface area contributed by atoms with E-state index in [2.05, 4.69) is 22.1 Å². The number of piperidine rings is 1. The Labute approximate surface area is 192 Å². The number of pyridine rings is 2. The molecule has 5 rings (SSSR count). The molecule has 1 aliphatic heterocycles. The fourth-order valence-corrected chi connectivity index (χ4v) is 4.59. The summed E-state index contributed by atoms with van der Waals surface area (Å²) in [5.41, 5.74) is 2.48. The summed E-state index contributed by atoms with van der Waals surface area (Å²) in [4.78, 5) is 32.7. The summed E-state index contributed by atoms with van der Waals surface area (Å²) in [7, 11) is 0. The number of aromatic nitrogens is 2. The molecule has 0 spiro atoms. The maximum Gasteiger partial charge on any atom is 0.240 e. The van der Waals surface area contributed by atoms with Crippen LogP contribution >= 0.6 is 0 Å². The number of rotatable bonds is 5. The van der Waals surface area contributed by atoms with Gasteiger partial charge in [0.1, 0.15) is 12.4 Å². The van der Waals surface area contributed by atoms with Crippen LogP contribution in [0.2, 0.25) is 0 Å². The minimum atomic E-state index is -0.108. The predicted octanol–water partition coefficient (Wildman–Crippen LogP) is 4.10. The van der Waals surface area contributed by atoms with Gasteiger partial charge in [-0.05, 0) is 54.7 Å². The Hall–Kier alpha value is -3.67. The van der Waals surface area contributed by atoms with E-state index >= 15 is 0 Å². The molecule has 1 saturated heterocycles. The van der Waals surface area contributed by atoms with Crippen LogP contribution in [0.15, 0.2) is 71.7 Å².